The van der Waals surface area contributed by atoms with E-state index in [-0.39, 0.29) is 0 Å². The number of benzene rings is 2. The van der Waals surface area contributed by atoms with Crippen molar-refractivity contribution in [1.29, 1.82) is 0 Å². The number of ether oxygens (including phenoxy) is 1. The fourth-order valence-corrected chi connectivity index (χ4v) is 4.11. The van der Waals surface area contributed by atoms with Crippen molar-refractivity contribution in [3.63, 3.8) is 0 Å². The minimum atomic E-state index is -0.530. The number of hydrogen-bond acceptors (Lipinski definition) is 5. The summed E-state index contributed by atoms with van der Waals surface area (Å²) < 4.78 is 7.75. The first-order valence-corrected chi connectivity index (χ1v) is 9.75. The molecule has 6 nitrogen and oxygen atoms in total. The first kappa shape index (κ1) is 18.3. The lowest BCUT2D eigenvalue weighted by molar-refractivity contribution is 0.100. The summed E-state index contributed by atoms with van der Waals surface area (Å²) in [6, 6.07) is 14.9. The highest BCUT2D eigenvalue weighted by Crippen LogP contribution is 2.34. The van der Waals surface area contributed by atoms with Crippen molar-refractivity contribution in [2.45, 2.75) is 6.42 Å². The number of imidazole rings is 1. The molecule has 0 aliphatic heterocycles. The summed E-state index contributed by atoms with van der Waals surface area (Å²) in [4.78, 5) is 16.6. The number of amides is 1. The number of fused-ring (bicyclic) bond motifs is 1. The van der Waals surface area contributed by atoms with Crippen LogP contribution in [0, 0.1) is 0 Å². The molecule has 4 N–H and O–H groups in total. The van der Waals surface area contributed by atoms with Gasteiger partial charge < -0.3 is 16.2 Å². The molecule has 0 saturated carbocycles. The number of primary amides is 1. The molecule has 0 saturated heterocycles. The summed E-state index contributed by atoms with van der Waals surface area (Å²) in [6.45, 7) is 0.376. The maximum atomic E-state index is 11.9. The van der Waals surface area contributed by atoms with Crippen molar-refractivity contribution in [2.24, 2.45) is 5.73 Å². The lowest BCUT2D eigenvalue weighted by atomic mass is 10.2. The van der Waals surface area contributed by atoms with E-state index in [2.05, 4.69) is 4.98 Å². The Bertz CT molecular complexity index is 1170. The normalized spacial score (nSPS) is 11.0. The molecule has 0 unspecified atom stereocenters. The minimum Gasteiger partial charge on any atom is -0.491 e. The topological polar surface area (TPSA) is 96.2 Å². The third kappa shape index (κ3) is 3.54. The maximum Gasteiger partial charge on any atom is 0.262 e. The zero-order chi connectivity index (χ0) is 19.7. The second-order valence-corrected chi connectivity index (χ2v) is 7.63. The predicted octanol–water partition coefficient (Wildman–Crippen LogP) is 4.04. The quantitative estimate of drug-likeness (QED) is 0.467. The molecule has 0 fully saturated rings. The van der Waals surface area contributed by atoms with Crippen LogP contribution >= 0.6 is 22.9 Å². The molecule has 0 radical (unpaired) electrons. The number of carbonyl (C=O) groups is 1. The largest absolute Gasteiger partial charge is 0.491 e. The number of thiophene rings is 1. The molecular weight excluding hydrogens is 396 g/mol. The van der Waals surface area contributed by atoms with Gasteiger partial charge in [0.2, 0.25) is 0 Å². The van der Waals surface area contributed by atoms with Crippen LogP contribution in [0.4, 0.5) is 5.69 Å². The van der Waals surface area contributed by atoms with Gasteiger partial charge in [-0.15, -0.1) is 11.3 Å². The number of rotatable bonds is 6. The van der Waals surface area contributed by atoms with E-state index in [0.29, 0.717) is 34.4 Å². The molecule has 2 aromatic heterocycles. The molecule has 1 amide bonds. The number of anilines is 1. The molecule has 142 valence electrons. The Hall–Kier alpha value is -3.03. The molecule has 2 heterocycles. The van der Waals surface area contributed by atoms with Crippen molar-refractivity contribution < 1.29 is 9.53 Å². The summed E-state index contributed by atoms with van der Waals surface area (Å²) in [5.74, 6) is -0.0745. The molecule has 0 atom stereocenters. The van der Waals surface area contributed by atoms with Gasteiger partial charge >= 0.3 is 0 Å². The third-order valence-corrected chi connectivity index (χ3v) is 5.80. The van der Waals surface area contributed by atoms with E-state index in [4.69, 9.17) is 27.8 Å². The van der Waals surface area contributed by atoms with Gasteiger partial charge in [0, 0.05) is 23.2 Å². The molecule has 0 bridgehead atoms. The van der Waals surface area contributed by atoms with Gasteiger partial charge in [-0.3, -0.25) is 9.36 Å². The molecule has 2 aromatic carbocycles. The van der Waals surface area contributed by atoms with Gasteiger partial charge in [0.05, 0.1) is 17.6 Å². The van der Waals surface area contributed by atoms with Crippen molar-refractivity contribution >= 4 is 45.6 Å². The Morgan fingerprint density at radius 2 is 2.04 bits per heavy atom. The van der Waals surface area contributed by atoms with Crippen molar-refractivity contribution in [2.75, 3.05) is 12.3 Å². The Morgan fingerprint density at radius 1 is 1.21 bits per heavy atom. The van der Waals surface area contributed by atoms with Crippen LogP contribution in [0.1, 0.15) is 15.2 Å². The van der Waals surface area contributed by atoms with E-state index in [0.717, 1.165) is 21.6 Å². The van der Waals surface area contributed by atoms with Gasteiger partial charge in [-0.25, -0.2) is 4.98 Å². The zero-order valence-electron chi connectivity index (χ0n) is 14.8. The van der Waals surface area contributed by atoms with E-state index in [1.54, 1.807) is 18.5 Å². The number of nitrogen functional groups attached to an aromatic ring is 1. The van der Waals surface area contributed by atoms with Crippen LogP contribution in [-0.2, 0) is 6.42 Å². The average molecular weight is 413 g/mol. The maximum absolute atomic E-state index is 11.9. The standard InChI is InChI=1S/C20H17ClN4O2S/c21-14-4-2-1-3-12(14)7-8-27-17-10-18(28-19(17)20(23)26)25-11-24-15-9-13(22)5-6-16(15)25/h1-6,9-11H,7-8,22H2,(H2,23,26). The third-order valence-electron chi connectivity index (χ3n) is 4.30. The lowest BCUT2D eigenvalue weighted by Crippen LogP contribution is -2.11. The second-order valence-electron chi connectivity index (χ2n) is 6.19. The fraction of sp³-hybridized carbons (Fsp3) is 0.100. The summed E-state index contributed by atoms with van der Waals surface area (Å²) in [5.41, 5.74) is 14.7. The molecule has 0 spiro atoms. The number of hydrogen-bond donors (Lipinski definition) is 2. The number of nitrogens with zero attached hydrogens (tertiary/aromatic N) is 2. The Labute approximate surface area is 170 Å². The average Bonchev–Trinajstić information content (AvgIpc) is 3.27. The van der Waals surface area contributed by atoms with Gasteiger partial charge in [-0.05, 0) is 29.8 Å². The van der Waals surface area contributed by atoms with Gasteiger partial charge in [0.15, 0.2) is 0 Å². The minimum absolute atomic E-state index is 0.367. The number of nitrogens with two attached hydrogens (primary N) is 2. The first-order valence-electron chi connectivity index (χ1n) is 8.56. The summed E-state index contributed by atoms with van der Waals surface area (Å²) >= 11 is 7.44. The Morgan fingerprint density at radius 3 is 2.82 bits per heavy atom. The molecule has 0 aliphatic rings. The van der Waals surface area contributed by atoms with Crippen LogP contribution in [0.25, 0.3) is 16.0 Å². The molecule has 28 heavy (non-hydrogen) atoms. The van der Waals surface area contributed by atoms with E-state index in [1.807, 2.05) is 41.0 Å². The number of halogens is 1. The van der Waals surface area contributed by atoms with Gasteiger partial charge in [-0.2, -0.15) is 0 Å². The number of carbonyl (C=O) groups excluding carboxylic acids is 1. The highest BCUT2D eigenvalue weighted by Gasteiger charge is 2.18. The van der Waals surface area contributed by atoms with E-state index in [9.17, 15) is 4.79 Å². The summed E-state index contributed by atoms with van der Waals surface area (Å²) in [5, 5.41) is 1.48. The van der Waals surface area contributed by atoms with Crippen LogP contribution < -0.4 is 16.2 Å². The zero-order valence-corrected chi connectivity index (χ0v) is 16.3. The molecule has 4 aromatic rings. The highest BCUT2D eigenvalue weighted by atomic mass is 35.5. The van der Waals surface area contributed by atoms with Gasteiger partial charge in [0.1, 0.15) is 22.0 Å². The van der Waals surface area contributed by atoms with E-state index >= 15 is 0 Å². The van der Waals surface area contributed by atoms with E-state index < -0.39 is 5.91 Å². The SMILES string of the molecule is NC(=O)c1sc(-n2cnc3cc(N)ccc32)cc1OCCc1ccccc1Cl. The van der Waals surface area contributed by atoms with Crippen LogP contribution in [0.15, 0.2) is 54.9 Å². The summed E-state index contributed by atoms with van der Waals surface area (Å²) in [7, 11) is 0. The Kier molecular flexibility index (Phi) is 4.93. The van der Waals surface area contributed by atoms with Crippen molar-refractivity contribution in [3.8, 4) is 10.8 Å². The number of aromatic nitrogens is 2. The van der Waals surface area contributed by atoms with Crippen molar-refractivity contribution in [3.05, 3.63) is 70.3 Å². The lowest BCUT2D eigenvalue weighted by Gasteiger charge is -2.07. The Balaban J connectivity index is 1.60. The highest BCUT2D eigenvalue weighted by molar-refractivity contribution is 7.16. The second kappa shape index (κ2) is 7.53. The summed E-state index contributed by atoms with van der Waals surface area (Å²) in [6.07, 6.45) is 2.31. The molecule has 0 aliphatic carbocycles. The van der Waals surface area contributed by atoms with Gasteiger partial charge in [0.25, 0.3) is 5.91 Å². The van der Waals surface area contributed by atoms with Crippen LogP contribution in [0.2, 0.25) is 5.02 Å². The monoisotopic (exact) mass is 412 g/mol. The first-order chi connectivity index (χ1) is 13.5. The fourth-order valence-electron chi connectivity index (χ4n) is 2.94. The molecule has 8 heteroatoms. The van der Waals surface area contributed by atoms with Crippen molar-refractivity contribution in [1.82, 2.24) is 9.55 Å². The molecule has 4 rings (SSSR count). The van der Waals surface area contributed by atoms with Gasteiger partial charge in [-0.1, -0.05) is 29.8 Å². The van der Waals surface area contributed by atoms with Crippen LogP contribution in [0.3, 0.4) is 0 Å². The van der Waals surface area contributed by atoms with Crippen LogP contribution in [0.5, 0.6) is 5.75 Å². The van der Waals surface area contributed by atoms with Crippen LogP contribution in [-0.4, -0.2) is 22.1 Å². The predicted molar refractivity (Wildman–Crippen MR) is 113 cm³/mol. The smallest absolute Gasteiger partial charge is 0.262 e. The molecular formula is C20H17ClN4O2S. The van der Waals surface area contributed by atoms with E-state index in [1.165, 1.54) is 11.3 Å².